The number of carbonyl (C=O) groups excluding carboxylic acids is 1. The summed E-state index contributed by atoms with van der Waals surface area (Å²) in [6.07, 6.45) is -4.32. The highest BCUT2D eigenvalue weighted by molar-refractivity contribution is 5.89. The van der Waals surface area contributed by atoms with Gasteiger partial charge in [-0.2, -0.15) is 0 Å². The number of ketones is 1. The second-order valence-corrected chi connectivity index (χ2v) is 9.89. The van der Waals surface area contributed by atoms with E-state index in [4.69, 9.17) is 14.2 Å². The van der Waals surface area contributed by atoms with E-state index in [0.717, 1.165) is 36.9 Å². The minimum Gasteiger partial charge on any atom is -0.477 e. The summed E-state index contributed by atoms with van der Waals surface area (Å²) in [5.41, 5.74) is 1.85. The van der Waals surface area contributed by atoms with Crippen LogP contribution < -0.4 is 9.47 Å². The molecule has 9 atom stereocenters. The lowest BCUT2D eigenvalue weighted by molar-refractivity contribution is -0.277. The number of hydrogen-bond acceptors (Lipinski definition) is 9. The summed E-state index contributed by atoms with van der Waals surface area (Å²) < 4.78 is 17.8. The third-order valence-corrected chi connectivity index (χ3v) is 8.46. The smallest absolute Gasteiger partial charge is 0.229 e. The number of likely N-dealkylation sites (tertiary alicyclic amines) is 1. The highest BCUT2D eigenvalue weighted by atomic mass is 16.7. The molecule has 0 radical (unpaired) electrons. The molecule has 9 heteroatoms. The second kappa shape index (κ2) is 7.12. The number of hydrogen-bond donors (Lipinski definition) is 4. The summed E-state index contributed by atoms with van der Waals surface area (Å²) in [5.74, 6) is 1.31. The summed E-state index contributed by atoms with van der Waals surface area (Å²) in [7, 11) is 2.15. The number of ether oxygens (including phenoxy) is 3. The third-order valence-electron chi connectivity index (χ3n) is 8.46. The monoisotopic (exact) mass is 447 g/mol. The van der Waals surface area contributed by atoms with Crippen LogP contribution in [0.1, 0.15) is 30.4 Å². The van der Waals surface area contributed by atoms with Crippen molar-refractivity contribution >= 4 is 5.78 Å². The Morgan fingerprint density at radius 2 is 2.03 bits per heavy atom. The van der Waals surface area contributed by atoms with Crippen LogP contribution in [0.25, 0.3) is 0 Å². The van der Waals surface area contributed by atoms with Gasteiger partial charge in [-0.1, -0.05) is 6.07 Å². The van der Waals surface area contributed by atoms with Crippen molar-refractivity contribution < 1.29 is 39.4 Å². The van der Waals surface area contributed by atoms with Crippen molar-refractivity contribution in [3.8, 4) is 11.5 Å². The predicted molar refractivity (Wildman–Crippen MR) is 109 cm³/mol. The number of Topliss-reactive ketones (excluding diaryl/α,β-unsaturated/α-hetero) is 1. The molecule has 32 heavy (non-hydrogen) atoms. The third kappa shape index (κ3) is 2.58. The van der Waals surface area contributed by atoms with Gasteiger partial charge in [-0.25, -0.2) is 0 Å². The minimum absolute atomic E-state index is 0.118. The Morgan fingerprint density at radius 3 is 2.81 bits per heavy atom. The van der Waals surface area contributed by atoms with E-state index in [1.165, 1.54) is 0 Å². The van der Waals surface area contributed by atoms with Crippen molar-refractivity contribution in [3.63, 3.8) is 0 Å². The molecule has 0 amide bonds. The van der Waals surface area contributed by atoms with E-state index in [1.54, 1.807) is 6.07 Å². The van der Waals surface area contributed by atoms with Crippen molar-refractivity contribution in [1.29, 1.82) is 0 Å². The molecular formula is C23H29NO8. The number of carbonyl (C=O) groups is 1. The average Bonchev–Trinajstić information content (AvgIpc) is 3.14. The van der Waals surface area contributed by atoms with Gasteiger partial charge in [0.2, 0.25) is 6.29 Å². The van der Waals surface area contributed by atoms with Crippen LogP contribution in [-0.4, -0.2) is 94.2 Å². The zero-order valence-electron chi connectivity index (χ0n) is 17.9. The number of piperidine rings is 1. The lowest BCUT2D eigenvalue weighted by Crippen LogP contribution is -2.65. The molecule has 1 aromatic rings. The van der Waals surface area contributed by atoms with E-state index in [9.17, 15) is 25.2 Å². The summed E-state index contributed by atoms with van der Waals surface area (Å²) in [6, 6.07) is 4.12. The SMILES string of the molecule is CN1CC[C@]23c4c5ccc(OC6OC(CO)C(O)C(O)C6O)c4O[C@H]2C(=O)CC[C@H]3[C@H]1C5. The zero-order chi connectivity index (χ0) is 22.4. The van der Waals surface area contributed by atoms with Crippen LogP contribution in [0.2, 0.25) is 0 Å². The highest BCUT2D eigenvalue weighted by Gasteiger charge is 2.65. The van der Waals surface area contributed by atoms with Crippen molar-refractivity contribution in [2.45, 2.75) is 73.9 Å². The van der Waals surface area contributed by atoms with Crippen LogP contribution >= 0.6 is 0 Å². The van der Waals surface area contributed by atoms with E-state index < -0.39 is 43.4 Å². The first-order valence-corrected chi connectivity index (χ1v) is 11.4. The molecule has 0 aromatic heterocycles. The number of aliphatic hydroxyl groups is 4. The van der Waals surface area contributed by atoms with Crippen LogP contribution in [0, 0.1) is 5.92 Å². The molecule has 2 aliphatic carbocycles. The molecule has 3 heterocycles. The standard InChI is InChI=1S/C23H29NO8/c1-24-7-6-23-11-3-4-13(26)21(23)32-20-14(5-2-10(16(20)23)8-12(11)24)30-22-19(29)18(28)17(27)15(9-25)31-22/h2,5,11-12,15,17-19,21-22,25,27-29H,3-4,6-9H2,1H3/t11-,12+,15?,17?,18?,19?,21-,22?,23-/m0/s1. The van der Waals surface area contributed by atoms with Gasteiger partial charge in [0.25, 0.3) is 0 Å². The van der Waals surface area contributed by atoms with E-state index in [-0.39, 0.29) is 11.2 Å². The van der Waals surface area contributed by atoms with E-state index in [1.807, 2.05) is 6.07 Å². The number of likely N-dealkylation sites (N-methyl/N-ethyl adjacent to an activating group) is 1. The van der Waals surface area contributed by atoms with E-state index >= 15 is 0 Å². The second-order valence-electron chi connectivity index (χ2n) is 9.89. The van der Waals surface area contributed by atoms with Gasteiger partial charge in [-0.05, 0) is 50.4 Å². The first kappa shape index (κ1) is 20.8. The van der Waals surface area contributed by atoms with Crippen molar-refractivity contribution in [3.05, 3.63) is 23.3 Å². The maximum atomic E-state index is 13.0. The zero-order valence-corrected chi connectivity index (χ0v) is 17.9. The normalized spacial score (nSPS) is 44.7. The van der Waals surface area contributed by atoms with Crippen LogP contribution in [0.15, 0.2) is 12.1 Å². The molecule has 3 aliphatic heterocycles. The summed E-state index contributed by atoms with van der Waals surface area (Å²) in [4.78, 5) is 15.4. The fraction of sp³-hybridized carbons (Fsp3) is 0.696. The lowest BCUT2D eigenvalue weighted by Gasteiger charge is -2.57. The molecule has 2 bridgehead atoms. The Bertz CT molecular complexity index is 952. The number of benzene rings is 1. The van der Waals surface area contributed by atoms with Crippen LogP contribution in [0.4, 0.5) is 0 Å². The molecule has 1 aromatic carbocycles. The molecule has 3 fully saturated rings. The summed E-state index contributed by atoms with van der Waals surface area (Å²) in [5, 5.41) is 40.0. The van der Waals surface area contributed by atoms with E-state index in [2.05, 4.69) is 11.9 Å². The van der Waals surface area contributed by atoms with Gasteiger partial charge in [-0.15, -0.1) is 0 Å². The molecule has 2 saturated heterocycles. The van der Waals surface area contributed by atoms with Gasteiger partial charge in [0.1, 0.15) is 24.4 Å². The first-order chi connectivity index (χ1) is 15.4. The molecule has 5 unspecified atom stereocenters. The fourth-order valence-corrected chi connectivity index (χ4v) is 6.89. The highest BCUT2D eigenvalue weighted by Crippen LogP contribution is 2.63. The lowest BCUT2D eigenvalue weighted by atomic mass is 9.52. The van der Waals surface area contributed by atoms with Gasteiger partial charge in [-0.3, -0.25) is 4.79 Å². The first-order valence-electron chi connectivity index (χ1n) is 11.4. The van der Waals surface area contributed by atoms with Gasteiger partial charge in [0.05, 0.1) is 6.61 Å². The molecule has 5 aliphatic rings. The Labute approximate surface area is 185 Å². The van der Waals surface area contributed by atoms with Gasteiger partial charge >= 0.3 is 0 Å². The molecule has 6 rings (SSSR count). The van der Waals surface area contributed by atoms with Gasteiger partial charge in [0, 0.05) is 23.4 Å². The Kier molecular flexibility index (Phi) is 4.64. The van der Waals surface area contributed by atoms with Crippen LogP contribution in [-0.2, 0) is 21.4 Å². The van der Waals surface area contributed by atoms with E-state index in [0.29, 0.717) is 29.9 Å². The quantitative estimate of drug-likeness (QED) is 0.466. The number of nitrogens with zero attached hydrogens (tertiary/aromatic N) is 1. The molecule has 9 nitrogen and oxygen atoms in total. The van der Waals surface area contributed by atoms with Crippen molar-refractivity contribution in [2.24, 2.45) is 5.92 Å². The summed E-state index contributed by atoms with van der Waals surface area (Å²) in [6.45, 7) is 0.361. The van der Waals surface area contributed by atoms with Crippen molar-refractivity contribution in [2.75, 3.05) is 20.2 Å². The molecule has 1 saturated carbocycles. The Hall–Kier alpha value is -1.75. The minimum atomic E-state index is -1.53. The molecule has 4 N–H and O–H groups in total. The number of rotatable bonds is 3. The van der Waals surface area contributed by atoms with Crippen molar-refractivity contribution in [1.82, 2.24) is 4.90 Å². The topological polar surface area (TPSA) is 129 Å². The number of aliphatic hydroxyl groups excluding tert-OH is 4. The summed E-state index contributed by atoms with van der Waals surface area (Å²) >= 11 is 0. The molecule has 174 valence electrons. The Balaban J connectivity index is 1.41. The van der Waals surface area contributed by atoms with Gasteiger partial charge < -0.3 is 39.5 Å². The predicted octanol–water partition coefficient (Wildman–Crippen LogP) is -0.897. The average molecular weight is 447 g/mol. The van der Waals surface area contributed by atoms with Crippen LogP contribution in [0.5, 0.6) is 11.5 Å². The maximum Gasteiger partial charge on any atom is 0.229 e. The maximum absolute atomic E-state index is 13.0. The largest absolute Gasteiger partial charge is 0.477 e. The molecular weight excluding hydrogens is 418 g/mol. The fourth-order valence-electron chi connectivity index (χ4n) is 6.89. The van der Waals surface area contributed by atoms with Gasteiger partial charge in [0.15, 0.2) is 23.4 Å². The Morgan fingerprint density at radius 1 is 1.22 bits per heavy atom. The molecule has 1 spiro atoms. The van der Waals surface area contributed by atoms with Crippen LogP contribution in [0.3, 0.4) is 0 Å².